The number of hydrogen-bond donors (Lipinski definition) is 2. The minimum absolute atomic E-state index is 0.0423. The molecule has 0 amide bonds. The van der Waals surface area contributed by atoms with Crippen LogP contribution < -0.4 is 10.6 Å². The lowest BCUT2D eigenvalue weighted by Crippen LogP contribution is -2.14. The second kappa shape index (κ2) is 7.18. The molecule has 2 aromatic rings. The SMILES string of the molecule is CNc1ccc(C(C2=CC=CCC2=O)c2ccc(NC)cc2)cc1. The molecule has 0 atom stereocenters. The molecule has 3 rings (SSSR count). The third-order valence-electron chi connectivity index (χ3n) is 4.41. The topological polar surface area (TPSA) is 41.1 Å². The third kappa shape index (κ3) is 3.25. The van der Waals surface area contributed by atoms with Crippen molar-refractivity contribution in [3.8, 4) is 0 Å². The average molecular weight is 318 g/mol. The van der Waals surface area contributed by atoms with Crippen molar-refractivity contribution in [1.29, 1.82) is 0 Å². The van der Waals surface area contributed by atoms with Crippen LogP contribution in [0.1, 0.15) is 23.5 Å². The maximum atomic E-state index is 12.5. The van der Waals surface area contributed by atoms with Gasteiger partial charge in [0.25, 0.3) is 0 Å². The van der Waals surface area contributed by atoms with Crippen LogP contribution in [0.2, 0.25) is 0 Å². The third-order valence-corrected chi connectivity index (χ3v) is 4.41. The molecule has 0 saturated carbocycles. The molecule has 0 aromatic heterocycles. The van der Waals surface area contributed by atoms with Gasteiger partial charge in [-0.1, -0.05) is 42.5 Å². The van der Waals surface area contributed by atoms with Crippen molar-refractivity contribution < 1.29 is 4.79 Å². The van der Waals surface area contributed by atoms with E-state index in [0.29, 0.717) is 6.42 Å². The standard InChI is InChI=1S/C21H22N2O/c1-22-17-11-7-15(8-12-17)21(19-5-3-4-6-20(19)24)16-9-13-18(23-2)14-10-16/h3-5,7-14,21-23H,6H2,1-2H3. The van der Waals surface area contributed by atoms with Crippen molar-refractivity contribution in [2.75, 3.05) is 24.7 Å². The summed E-state index contributed by atoms with van der Waals surface area (Å²) in [7, 11) is 3.81. The molecule has 3 heteroatoms. The predicted molar refractivity (Wildman–Crippen MR) is 101 cm³/mol. The molecule has 1 aliphatic carbocycles. The van der Waals surface area contributed by atoms with Crippen LogP contribution in [0.15, 0.2) is 72.3 Å². The molecule has 0 unspecified atom stereocenters. The highest BCUT2D eigenvalue weighted by Gasteiger charge is 2.24. The highest BCUT2D eigenvalue weighted by Crippen LogP contribution is 2.35. The van der Waals surface area contributed by atoms with Gasteiger partial charge >= 0.3 is 0 Å². The van der Waals surface area contributed by atoms with Crippen LogP contribution in [0, 0.1) is 0 Å². The Morgan fingerprint density at radius 1 is 0.833 bits per heavy atom. The second-order valence-corrected chi connectivity index (χ2v) is 5.85. The number of rotatable bonds is 5. The zero-order valence-electron chi connectivity index (χ0n) is 14.0. The van der Waals surface area contributed by atoms with Crippen LogP contribution >= 0.6 is 0 Å². The minimum Gasteiger partial charge on any atom is -0.388 e. The van der Waals surface area contributed by atoms with Gasteiger partial charge in [-0.3, -0.25) is 4.79 Å². The fourth-order valence-corrected chi connectivity index (χ4v) is 3.05. The van der Waals surface area contributed by atoms with Crippen molar-refractivity contribution in [2.24, 2.45) is 0 Å². The Labute approximate surface area is 143 Å². The maximum Gasteiger partial charge on any atom is 0.163 e. The van der Waals surface area contributed by atoms with Gasteiger partial charge in [0.05, 0.1) is 0 Å². The summed E-state index contributed by atoms with van der Waals surface area (Å²) < 4.78 is 0. The fraction of sp³-hybridized carbons (Fsp3) is 0.190. The highest BCUT2D eigenvalue weighted by molar-refractivity contribution is 5.99. The number of carbonyl (C=O) groups excluding carboxylic acids is 1. The highest BCUT2D eigenvalue weighted by atomic mass is 16.1. The summed E-state index contributed by atoms with van der Waals surface area (Å²) in [5.41, 5.74) is 5.23. The van der Waals surface area contributed by atoms with E-state index in [2.05, 4.69) is 34.9 Å². The number of ketones is 1. The summed E-state index contributed by atoms with van der Waals surface area (Å²) in [6, 6.07) is 16.6. The number of anilines is 2. The van der Waals surface area contributed by atoms with Gasteiger partial charge in [0.15, 0.2) is 5.78 Å². The number of benzene rings is 2. The maximum absolute atomic E-state index is 12.5. The minimum atomic E-state index is -0.0423. The summed E-state index contributed by atoms with van der Waals surface area (Å²) in [5.74, 6) is 0.150. The van der Waals surface area contributed by atoms with E-state index in [1.807, 2.05) is 56.6 Å². The lowest BCUT2D eigenvalue weighted by molar-refractivity contribution is -0.115. The molecule has 1 aliphatic rings. The number of allylic oxidation sites excluding steroid dienone is 4. The largest absolute Gasteiger partial charge is 0.388 e. The lowest BCUT2D eigenvalue weighted by atomic mass is 9.81. The van der Waals surface area contributed by atoms with Crippen LogP contribution in [0.25, 0.3) is 0 Å². The molecular formula is C21H22N2O. The molecule has 122 valence electrons. The van der Waals surface area contributed by atoms with Gasteiger partial charge in [-0.25, -0.2) is 0 Å². The van der Waals surface area contributed by atoms with Crippen molar-refractivity contribution >= 4 is 17.2 Å². The second-order valence-electron chi connectivity index (χ2n) is 5.85. The summed E-state index contributed by atoms with van der Waals surface area (Å²) in [6.07, 6.45) is 6.32. The molecule has 3 nitrogen and oxygen atoms in total. The summed E-state index contributed by atoms with van der Waals surface area (Å²) >= 11 is 0. The van der Waals surface area contributed by atoms with Crippen molar-refractivity contribution in [3.05, 3.63) is 83.5 Å². The van der Waals surface area contributed by atoms with Crippen LogP contribution in [-0.2, 0) is 4.79 Å². The van der Waals surface area contributed by atoms with E-state index in [-0.39, 0.29) is 11.7 Å². The molecule has 0 spiro atoms. The van der Waals surface area contributed by atoms with E-state index in [9.17, 15) is 4.79 Å². The number of carbonyl (C=O) groups is 1. The molecule has 2 N–H and O–H groups in total. The monoisotopic (exact) mass is 318 g/mol. The summed E-state index contributed by atoms with van der Waals surface area (Å²) in [4.78, 5) is 12.5. The number of nitrogens with one attached hydrogen (secondary N) is 2. The normalized spacial score (nSPS) is 13.8. The predicted octanol–water partition coefficient (Wildman–Crippen LogP) is 4.36. The lowest BCUT2D eigenvalue weighted by Gasteiger charge is -2.22. The van der Waals surface area contributed by atoms with Gasteiger partial charge in [0.2, 0.25) is 0 Å². The Morgan fingerprint density at radius 2 is 1.33 bits per heavy atom. The van der Waals surface area contributed by atoms with E-state index < -0.39 is 0 Å². The summed E-state index contributed by atoms with van der Waals surface area (Å²) in [6.45, 7) is 0. The van der Waals surface area contributed by atoms with Gasteiger partial charge in [-0.15, -0.1) is 0 Å². The number of Topliss-reactive ketones (excluding diaryl/α,β-unsaturated/α-hetero) is 1. The fourth-order valence-electron chi connectivity index (χ4n) is 3.05. The Kier molecular flexibility index (Phi) is 4.80. The van der Waals surface area contributed by atoms with Gasteiger partial charge in [-0.05, 0) is 35.4 Å². The Hall–Kier alpha value is -2.81. The van der Waals surface area contributed by atoms with Crippen molar-refractivity contribution in [1.82, 2.24) is 0 Å². The Balaban J connectivity index is 2.06. The molecule has 0 radical (unpaired) electrons. The van der Waals surface area contributed by atoms with Gasteiger partial charge in [-0.2, -0.15) is 0 Å². The molecule has 0 bridgehead atoms. The number of hydrogen-bond acceptors (Lipinski definition) is 3. The van der Waals surface area contributed by atoms with Crippen molar-refractivity contribution in [3.63, 3.8) is 0 Å². The van der Waals surface area contributed by atoms with Gasteiger partial charge in [0.1, 0.15) is 0 Å². The van der Waals surface area contributed by atoms with Crippen LogP contribution in [-0.4, -0.2) is 19.9 Å². The van der Waals surface area contributed by atoms with E-state index >= 15 is 0 Å². The summed E-state index contributed by atoms with van der Waals surface area (Å²) in [5, 5.41) is 6.27. The zero-order valence-corrected chi connectivity index (χ0v) is 14.0. The smallest absolute Gasteiger partial charge is 0.163 e. The first-order chi connectivity index (χ1) is 11.7. The average Bonchev–Trinajstić information content (AvgIpc) is 2.64. The van der Waals surface area contributed by atoms with E-state index in [4.69, 9.17) is 0 Å². The Morgan fingerprint density at radius 3 is 1.75 bits per heavy atom. The first-order valence-electron chi connectivity index (χ1n) is 8.18. The quantitative estimate of drug-likeness (QED) is 0.861. The van der Waals surface area contributed by atoms with Gasteiger partial charge < -0.3 is 10.6 Å². The van der Waals surface area contributed by atoms with Crippen LogP contribution in [0.4, 0.5) is 11.4 Å². The van der Waals surface area contributed by atoms with Crippen LogP contribution in [0.3, 0.4) is 0 Å². The molecule has 2 aromatic carbocycles. The first-order valence-corrected chi connectivity index (χ1v) is 8.18. The molecule has 0 aliphatic heterocycles. The molecular weight excluding hydrogens is 296 g/mol. The first kappa shape index (κ1) is 16.1. The molecule has 0 fully saturated rings. The van der Waals surface area contributed by atoms with Crippen molar-refractivity contribution in [2.45, 2.75) is 12.3 Å². The van der Waals surface area contributed by atoms with Crippen LogP contribution in [0.5, 0.6) is 0 Å². The van der Waals surface area contributed by atoms with E-state index in [0.717, 1.165) is 28.1 Å². The van der Waals surface area contributed by atoms with E-state index in [1.165, 1.54) is 0 Å². The zero-order chi connectivity index (χ0) is 16.9. The van der Waals surface area contributed by atoms with E-state index in [1.54, 1.807) is 0 Å². The van der Waals surface area contributed by atoms with Gasteiger partial charge in [0, 0.05) is 43.4 Å². The molecule has 0 saturated heterocycles. The molecule has 24 heavy (non-hydrogen) atoms. The molecule has 0 heterocycles. The Bertz CT molecular complexity index is 723.